The summed E-state index contributed by atoms with van der Waals surface area (Å²) in [6, 6.07) is 17.6. The summed E-state index contributed by atoms with van der Waals surface area (Å²) < 4.78 is 5.23. The molecule has 0 saturated carbocycles. The van der Waals surface area contributed by atoms with Gasteiger partial charge in [0.15, 0.2) is 11.4 Å². The van der Waals surface area contributed by atoms with Crippen LogP contribution in [0.2, 0.25) is 0 Å². The van der Waals surface area contributed by atoms with Gasteiger partial charge >= 0.3 is 0 Å². The van der Waals surface area contributed by atoms with Crippen LogP contribution in [0.3, 0.4) is 0 Å². The van der Waals surface area contributed by atoms with Crippen LogP contribution in [0.15, 0.2) is 48.5 Å². The highest BCUT2D eigenvalue weighted by Gasteiger charge is 2.27. The molecular formula is C38H52Cl2N4. The van der Waals surface area contributed by atoms with Gasteiger partial charge in [0.1, 0.15) is 13.1 Å². The lowest BCUT2D eigenvalue weighted by Gasteiger charge is -2.18. The molecule has 2 aromatic heterocycles. The Hall–Kier alpha value is -2.56. The van der Waals surface area contributed by atoms with Crippen LogP contribution < -0.4 is 45.4 Å². The topological polar surface area (TPSA) is 59.8 Å². The lowest BCUT2D eigenvalue weighted by molar-refractivity contribution is -0.680. The second kappa shape index (κ2) is 16.7. The van der Waals surface area contributed by atoms with Crippen LogP contribution in [0, 0.1) is 0 Å². The molecular weight excluding hydrogens is 583 g/mol. The van der Waals surface area contributed by atoms with Crippen molar-refractivity contribution in [1.29, 1.82) is 0 Å². The van der Waals surface area contributed by atoms with E-state index in [9.17, 15) is 0 Å². The van der Waals surface area contributed by atoms with Crippen molar-refractivity contribution >= 4 is 33.2 Å². The minimum absolute atomic E-state index is 0. The summed E-state index contributed by atoms with van der Waals surface area (Å²) in [4.78, 5) is 0. The van der Waals surface area contributed by atoms with Crippen LogP contribution in [-0.2, 0) is 38.8 Å². The molecule has 0 unspecified atom stereocenters. The number of para-hydroxylation sites is 2. The number of pyridine rings is 2. The van der Waals surface area contributed by atoms with Crippen molar-refractivity contribution in [2.24, 2.45) is 0 Å². The van der Waals surface area contributed by atoms with Crippen molar-refractivity contribution in [2.75, 3.05) is 11.5 Å². The van der Waals surface area contributed by atoms with Crippen LogP contribution in [0.25, 0.3) is 21.8 Å². The highest BCUT2D eigenvalue weighted by atomic mass is 35.5. The molecule has 0 saturated heterocycles. The minimum Gasteiger partial charge on any atom is -1.00 e. The van der Waals surface area contributed by atoms with Gasteiger partial charge in [-0.3, -0.25) is 0 Å². The summed E-state index contributed by atoms with van der Waals surface area (Å²) >= 11 is 0. The fourth-order valence-electron chi connectivity index (χ4n) is 7.91. The van der Waals surface area contributed by atoms with E-state index in [1.807, 2.05) is 0 Å². The second-order valence-corrected chi connectivity index (χ2v) is 13.0. The molecule has 4 N–H and O–H groups in total. The Balaban J connectivity index is 0.00000221. The smallest absolute Gasteiger partial charge is 0.214 e. The summed E-state index contributed by atoms with van der Waals surface area (Å²) in [6.45, 7) is 2.27. The molecule has 0 aliphatic heterocycles. The molecule has 0 spiro atoms. The van der Waals surface area contributed by atoms with Gasteiger partial charge in [0.2, 0.25) is 11.0 Å². The molecule has 0 atom stereocenters. The number of aryl methyl sites for hydroxylation is 2. The Morgan fingerprint density at radius 3 is 1.20 bits per heavy atom. The fourth-order valence-corrected chi connectivity index (χ4v) is 7.91. The zero-order valence-electron chi connectivity index (χ0n) is 26.6. The normalized spacial score (nSPS) is 14.1. The molecule has 2 aliphatic rings. The molecule has 2 aliphatic carbocycles. The third-order valence-corrected chi connectivity index (χ3v) is 10.2. The first kappa shape index (κ1) is 34.3. The Bertz CT molecular complexity index is 1420. The van der Waals surface area contributed by atoms with Gasteiger partial charge in [-0.05, 0) is 63.5 Å². The number of rotatable bonds is 13. The molecule has 0 fully saturated rings. The molecule has 2 aromatic carbocycles. The monoisotopic (exact) mass is 634 g/mol. The van der Waals surface area contributed by atoms with Crippen LogP contribution in [0.4, 0.5) is 11.4 Å². The Kier molecular flexibility index (Phi) is 13.0. The number of benzene rings is 2. The standard InChI is InChI=1S/C38H50N4.2ClH/c39-37-29-19-9-13-23-33(29)41(34-24-14-10-20-30(34)37)27-17-7-5-3-1-2-4-6-8-18-28-42-35-25-15-11-21-31(35)38(40)32-22-12-16-26-36(32)42;;/h9,11,13,15,19,21,23,25,39-40H,1-8,10,12,14,16-18,20,22,24,26-28H2;2*1H. The zero-order valence-corrected chi connectivity index (χ0v) is 28.1. The zero-order chi connectivity index (χ0) is 28.7. The number of halogens is 2. The van der Waals surface area contributed by atoms with Gasteiger partial charge in [-0.15, -0.1) is 0 Å². The van der Waals surface area contributed by atoms with E-state index in [4.69, 9.17) is 11.5 Å². The first-order valence-corrected chi connectivity index (χ1v) is 17.2. The van der Waals surface area contributed by atoms with Crippen molar-refractivity contribution in [3.05, 3.63) is 71.0 Å². The molecule has 4 aromatic rings. The lowest BCUT2D eigenvalue weighted by atomic mass is 9.92. The van der Waals surface area contributed by atoms with Gasteiger partial charge in [0, 0.05) is 48.9 Å². The number of hydrogen-bond acceptors (Lipinski definition) is 2. The summed E-state index contributed by atoms with van der Waals surface area (Å²) in [7, 11) is 0. The molecule has 6 heteroatoms. The van der Waals surface area contributed by atoms with E-state index >= 15 is 0 Å². The molecule has 6 rings (SSSR count). The van der Waals surface area contributed by atoms with Crippen molar-refractivity contribution in [1.82, 2.24) is 0 Å². The number of nitrogens with zero attached hydrogens (tertiary/aromatic N) is 2. The second-order valence-electron chi connectivity index (χ2n) is 13.0. The summed E-state index contributed by atoms with van der Waals surface area (Å²) in [5.41, 5.74) is 23.9. The van der Waals surface area contributed by atoms with Gasteiger partial charge < -0.3 is 36.3 Å². The maximum atomic E-state index is 6.63. The maximum absolute atomic E-state index is 6.63. The number of nitrogens with two attached hydrogens (primary N) is 2. The van der Waals surface area contributed by atoms with Gasteiger partial charge in [0.25, 0.3) is 0 Å². The number of hydrogen-bond donors (Lipinski definition) is 2. The Labute approximate surface area is 277 Å². The van der Waals surface area contributed by atoms with Crippen molar-refractivity contribution in [2.45, 2.75) is 129 Å². The van der Waals surface area contributed by atoms with Gasteiger partial charge in [-0.25, -0.2) is 0 Å². The maximum Gasteiger partial charge on any atom is 0.214 e. The number of anilines is 2. The molecule has 0 radical (unpaired) electrons. The lowest BCUT2D eigenvalue weighted by Crippen LogP contribution is -3.00. The van der Waals surface area contributed by atoms with E-state index in [1.165, 1.54) is 147 Å². The van der Waals surface area contributed by atoms with E-state index in [0.717, 1.165) is 37.3 Å². The predicted octanol–water partition coefficient (Wildman–Crippen LogP) is 2.10. The number of unbranched alkanes of at least 4 members (excludes halogenated alkanes) is 9. The Morgan fingerprint density at radius 1 is 0.455 bits per heavy atom. The highest BCUT2D eigenvalue weighted by Crippen LogP contribution is 2.31. The minimum atomic E-state index is 0. The van der Waals surface area contributed by atoms with E-state index in [0.29, 0.717) is 0 Å². The highest BCUT2D eigenvalue weighted by molar-refractivity contribution is 5.90. The molecule has 2 heterocycles. The summed E-state index contributed by atoms with van der Waals surface area (Å²) in [6.07, 6.45) is 23.3. The van der Waals surface area contributed by atoms with E-state index < -0.39 is 0 Å². The molecule has 0 amide bonds. The third-order valence-electron chi connectivity index (χ3n) is 10.2. The van der Waals surface area contributed by atoms with Crippen LogP contribution in [-0.4, -0.2) is 0 Å². The molecule has 44 heavy (non-hydrogen) atoms. The molecule has 4 nitrogen and oxygen atoms in total. The average Bonchev–Trinajstić information content (AvgIpc) is 3.04. The fraction of sp³-hybridized carbons (Fsp3) is 0.526. The average molecular weight is 636 g/mol. The first-order valence-electron chi connectivity index (χ1n) is 17.2. The van der Waals surface area contributed by atoms with Crippen LogP contribution in [0.1, 0.15) is 112 Å². The van der Waals surface area contributed by atoms with Crippen molar-refractivity contribution < 1.29 is 33.9 Å². The van der Waals surface area contributed by atoms with Gasteiger partial charge in [-0.1, -0.05) is 62.8 Å². The largest absolute Gasteiger partial charge is 1.00 e. The summed E-state index contributed by atoms with van der Waals surface area (Å²) in [5.74, 6) is 0. The number of aromatic nitrogens is 2. The van der Waals surface area contributed by atoms with E-state index in [1.54, 1.807) is 0 Å². The van der Waals surface area contributed by atoms with E-state index in [2.05, 4.69) is 57.7 Å². The summed E-state index contributed by atoms with van der Waals surface area (Å²) in [5, 5.41) is 2.50. The quantitative estimate of drug-likeness (QED) is 0.175. The van der Waals surface area contributed by atoms with Crippen LogP contribution >= 0.6 is 0 Å². The SMILES string of the molecule is Nc1c2c([n+](CCCCCCCCCCCC[n+]3c4c(c(N)c5ccccc53)CCCC4)c3ccccc13)CCCC2.[Cl-].[Cl-]. The number of nitrogen functional groups attached to an aromatic ring is 2. The van der Waals surface area contributed by atoms with E-state index in [-0.39, 0.29) is 24.8 Å². The third kappa shape index (κ3) is 7.45. The molecule has 238 valence electrons. The molecule has 0 bridgehead atoms. The Morgan fingerprint density at radius 2 is 0.795 bits per heavy atom. The predicted molar refractivity (Wildman–Crippen MR) is 177 cm³/mol. The van der Waals surface area contributed by atoms with Gasteiger partial charge in [-0.2, -0.15) is 9.13 Å². The number of fused-ring (bicyclic) bond motifs is 4. The van der Waals surface area contributed by atoms with Crippen LogP contribution in [0.5, 0.6) is 0 Å². The van der Waals surface area contributed by atoms with Crippen molar-refractivity contribution in [3.8, 4) is 0 Å². The van der Waals surface area contributed by atoms with Crippen molar-refractivity contribution in [3.63, 3.8) is 0 Å². The first-order chi connectivity index (χ1) is 20.7. The van der Waals surface area contributed by atoms with Gasteiger partial charge in [0.05, 0.1) is 22.1 Å².